The molecule has 6 rings (SSSR count). The number of aliphatic hydroxyl groups excluding tert-OH is 1. The highest BCUT2D eigenvalue weighted by Gasteiger charge is 2.48. The largest absolute Gasteiger partial charge is 0.456 e. The fraction of sp³-hybridized carbons (Fsp3) is 0.409. The maximum atomic E-state index is 9.69. The van der Waals surface area contributed by atoms with Gasteiger partial charge in [-0.15, -0.1) is 12.8 Å². The molecule has 0 unspecified atom stereocenters. The first kappa shape index (κ1) is 22.3. The number of H-pyrrole nitrogens is 1. The maximum absolute atomic E-state index is 9.69. The van der Waals surface area contributed by atoms with Gasteiger partial charge in [-0.2, -0.15) is 4.98 Å². The molecule has 4 N–H and O–H groups in total. The van der Waals surface area contributed by atoms with Gasteiger partial charge in [-0.1, -0.05) is 17.7 Å². The Morgan fingerprint density at radius 3 is 2.81 bits per heavy atom. The van der Waals surface area contributed by atoms with Crippen LogP contribution in [0.3, 0.4) is 0 Å². The Morgan fingerprint density at radius 2 is 2.00 bits per heavy atom. The summed E-state index contributed by atoms with van der Waals surface area (Å²) in [6.07, 6.45) is 12.0. The summed E-state index contributed by atoms with van der Waals surface area (Å²) < 4.78 is 16.7. The number of nitrogen functional groups attached to an aromatic ring is 1. The van der Waals surface area contributed by atoms with Crippen LogP contribution in [0.25, 0.3) is 11.2 Å². The van der Waals surface area contributed by atoms with Crippen LogP contribution in [0.15, 0.2) is 24.4 Å². The van der Waals surface area contributed by atoms with E-state index in [2.05, 4.69) is 38.8 Å². The number of nitrogens with two attached hydrogens (primary N) is 1. The Hall–Kier alpha value is -2.90. The summed E-state index contributed by atoms with van der Waals surface area (Å²) in [5.41, 5.74) is 9.47. The molecule has 32 heavy (non-hydrogen) atoms. The number of pyridine rings is 2. The first-order chi connectivity index (χ1) is 15.6. The number of aryl methyl sites for hydroxylation is 2. The fourth-order valence-electron chi connectivity index (χ4n) is 4.02. The number of fused-ring (bicyclic) bond motifs is 3. The zero-order valence-electron chi connectivity index (χ0n) is 17.3. The van der Waals surface area contributed by atoms with Crippen molar-refractivity contribution in [3.8, 4) is 18.9 Å². The number of terminal acetylenes is 1. The zero-order chi connectivity index (χ0) is 22.7. The molecule has 3 aromatic rings. The molecule has 0 aromatic carbocycles. The Morgan fingerprint density at radius 1 is 1.19 bits per heavy atom. The molecule has 0 saturated carbocycles. The second kappa shape index (κ2) is 9.71. The summed E-state index contributed by atoms with van der Waals surface area (Å²) in [5.74, 6) is 0.216. The maximum Gasteiger partial charge on any atom is 0.296 e. The number of nitrogens with zero attached hydrogens (tertiary/aromatic N) is 3. The van der Waals surface area contributed by atoms with Crippen LogP contribution in [-0.2, 0) is 22.3 Å². The van der Waals surface area contributed by atoms with Crippen molar-refractivity contribution in [1.29, 1.82) is 0 Å². The lowest BCUT2D eigenvalue weighted by molar-refractivity contribution is 0.00706. The normalized spacial score (nSPS) is 25.2. The van der Waals surface area contributed by atoms with Gasteiger partial charge in [0.2, 0.25) is 0 Å². The Balaban J connectivity index is 0.000000185. The number of nitrogens with one attached hydrogen (secondary N) is 1. The van der Waals surface area contributed by atoms with Crippen LogP contribution >= 0.6 is 11.6 Å². The van der Waals surface area contributed by atoms with E-state index < -0.39 is 6.10 Å². The average Bonchev–Trinajstić information content (AvgIpc) is 3.57. The number of anilines is 1. The molecule has 4 atom stereocenters. The lowest BCUT2D eigenvalue weighted by Crippen LogP contribution is -2.34. The van der Waals surface area contributed by atoms with Gasteiger partial charge in [-0.05, 0) is 37.0 Å². The van der Waals surface area contributed by atoms with Gasteiger partial charge in [0.05, 0.1) is 23.8 Å². The van der Waals surface area contributed by atoms with Gasteiger partial charge in [0.25, 0.3) is 6.01 Å². The van der Waals surface area contributed by atoms with Crippen molar-refractivity contribution < 1.29 is 19.3 Å². The number of aromatic amines is 1. The van der Waals surface area contributed by atoms with Crippen molar-refractivity contribution in [2.45, 2.75) is 43.7 Å². The van der Waals surface area contributed by atoms with Crippen molar-refractivity contribution in [3.05, 3.63) is 40.7 Å². The number of hydrogen-bond donors (Lipinski definition) is 3. The molecule has 0 spiro atoms. The van der Waals surface area contributed by atoms with E-state index in [0.717, 1.165) is 0 Å². The van der Waals surface area contributed by atoms with E-state index >= 15 is 0 Å². The van der Waals surface area contributed by atoms with Crippen LogP contribution in [0.5, 0.6) is 6.01 Å². The quantitative estimate of drug-likeness (QED) is 0.498. The van der Waals surface area contributed by atoms with E-state index in [-0.39, 0.29) is 30.7 Å². The first-order valence-corrected chi connectivity index (χ1v) is 10.6. The van der Waals surface area contributed by atoms with Crippen molar-refractivity contribution in [2.24, 2.45) is 0 Å². The summed E-state index contributed by atoms with van der Waals surface area (Å²) >= 11 is 5.91. The summed E-state index contributed by atoms with van der Waals surface area (Å²) in [4.78, 5) is 15.5. The third-order valence-corrected chi connectivity index (χ3v) is 5.82. The Bertz CT molecular complexity index is 1040. The number of halogens is 1. The van der Waals surface area contributed by atoms with Gasteiger partial charge >= 0.3 is 0 Å². The van der Waals surface area contributed by atoms with E-state index in [1.54, 1.807) is 6.07 Å². The van der Waals surface area contributed by atoms with Crippen LogP contribution in [0.1, 0.15) is 17.7 Å². The number of imidazole rings is 1. The molecular weight excluding hydrogens is 434 g/mol. The third kappa shape index (κ3) is 4.49. The standard InChI is InChI=1S/C12H13ClN4O4.C8H9N.C2H2/c13-4-1-5-11(16-10(4)14)17-12(15-5)21-7-3-20-8-6(18)2-19-9(7)8;1-3-7-4-2-6-9-8(7)5-1;1-2/h1,6-9,18H,2-3H2,(H3,14,15,16,17);2,4,6H,1,3,5H2;1-2H/t6-,7-,8-,9-;;/m1../s1. The van der Waals surface area contributed by atoms with E-state index in [1.165, 1.54) is 30.5 Å². The Kier molecular flexibility index (Phi) is 6.77. The van der Waals surface area contributed by atoms with Crippen molar-refractivity contribution >= 4 is 28.6 Å². The topological polar surface area (TPSA) is 128 Å². The highest BCUT2D eigenvalue weighted by molar-refractivity contribution is 6.33. The van der Waals surface area contributed by atoms with E-state index in [9.17, 15) is 5.11 Å². The van der Waals surface area contributed by atoms with Gasteiger partial charge in [0, 0.05) is 11.9 Å². The molecule has 5 heterocycles. The molecular formula is C22H24ClN5O4. The SMILES string of the molecule is C#C.Nc1nc2nc(O[C@@H]3CO[C@H]4[C@@H]3OC[C@H]4O)[nH]c2cc1Cl.c1cnc2c(c1)CCC2. The summed E-state index contributed by atoms with van der Waals surface area (Å²) in [6, 6.07) is 6.13. The van der Waals surface area contributed by atoms with Gasteiger partial charge < -0.3 is 30.0 Å². The van der Waals surface area contributed by atoms with Gasteiger partial charge in [-0.25, -0.2) is 4.98 Å². The Labute approximate surface area is 190 Å². The predicted octanol–water partition coefficient (Wildman–Crippen LogP) is 1.92. The van der Waals surface area contributed by atoms with Crippen LogP contribution in [0.2, 0.25) is 5.02 Å². The highest BCUT2D eigenvalue weighted by Crippen LogP contribution is 2.30. The number of aliphatic hydroxyl groups is 1. The van der Waals surface area contributed by atoms with Crippen LogP contribution in [0.4, 0.5) is 5.82 Å². The molecule has 2 fully saturated rings. The number of rotatable bonds is 2. The molecule has 2 aliphatic heterocycles. The molecule has 2 saturated heterocycles. The highest BCUT2D eigenvalue weighted by atomic mass is 35.5. The van der Waals surface area contributed by atoms with E-state index in [4.69, 9.17) is 31.5 Å². The molecule has 1 aliphatic carbocycles. The molecule has 168 valence electrons. The zero-order valence-corrected chi connectivity index (χ0v) is 18.0. The van der Waals surface area contributed by atoms with Gasteiger partial charge in [-0.3, -0.25) is 4.98 Å². The van der Waals surface area contributed by atoms with Crippen LogP contribution < -0.4 is 10.5 Å². The summed E-state index contributed by atoms with van der Waals surface area (Å²) in [6.45, 7) is 0.586. The van der Waals surface area contributed by atoms with Crippen molar-refractivity contribution in [3.63, 3.8) is 0 Å². The first-order valence-electron chi connectivity index (χ1n) is 10.2. The summed E-state index contributed by atoms with van der Waals surface area (Å²) in [5, 5.41) is 10.0. The smallest absolute Gasteiger partial charge is 0.296 e. The van der Waals surface area contributed by atoms with Gasteiger partial charge in [0.15, 0.2) is 11.8 Å². The lowest BCUT2D eigenvalue weighted by Gasteiger charge is -2.15. The minimum Gasteiger partial charge on any atom is -0.456 e. The van der Waals surface area contributed by atoms with E-state index in [0.29, 0.717) is 28.8 Å². The van der Waals surface area contributed by atoms with Crippen molar-refractivity contribution in [2.75, 3.05) is 18.9 Å². The lowest BCUT2D eigenvalue weighted by atomic mass is 10.1. The molecule has 9 nitrogen and oxygen atoms in total. The molecule has 3 aliphatic rings. The fourth-order valence-corrected chi connectivity index (χ4v) is 4.18. The average molecular weight is 458 g/mol. The van der Waals surface area contributed by atoms with Gasteiger partial charge in [0.1, 0.15) is 24.1 Å². The number of aromatic nitrogens is 4. The van der Waals surface area contributed by atoms with Crippen LogP contribution in [0, 0.1) is 12.8 Å². The van der Waals surface area contributed by atoms with E-state index in [1.807, 2.05) is 12.3 Å². The van der Waals surface area contributed by atoms with Crippen LogP contribution in [-0.4, -0.2) is 62.7 Å². The molecule has 10 heteroatoms. The second-order valence-electron chi connectivity index (χ2n) is 7.55. The molecule has 3 aromatic heterocycles. The molecule has 0 radical (unpaired) electrons. The van der Waals surface area contributed by atoms with Crippen molar-refractivity contribution in [1.82, 2.24) is 19.9 Å². The molecule has 0 amide bonds. The minimum absolute atomic E-state index is 0.216. The minimum atomic E-state index is -0.612. The second-order valence-corrected chi connectivity index (χ2v) is 7.96. The molecule has 0 bridgehead atoms. The summed E-state index contributed by atoms with van der Waals surface area (Å²) in [7, 11) is 0. The number of hydrogen-bond acceptors (Lipinski definition) is 8. The predicted molar refractivity (Wildman–Crippen MR) is 119 cm³/mol. The third-order valence-electron chi connectivity index (χ3n) is 5.52. The monoisotopic (exact) mass is 457 g/mol. The number of ether oxygens (including phenoxy) is 3.